The molecule has 0 bridgehead atoms. The van der Waals surface area contributed by atoms with E-state index >= 15 is 0 Å². The molecule has 0 aliphatic carbocycles. The zero-order valence-corrected chi connectivity index (χ0v) is 15.4. The molecule has 2 atom stereocenters. The molecule has 1 saturated heterocycles. The summed E-state index contributed by atoms with van der Waals surface area (Å²) in [6, 6.07) is 15.4. The van der Waals surface area contributed by atoms with E-state index in [0.29, 0.717) is 24.5 Å². The van der Waals surface area contributed by atoms with Crippen molar-refractivity contribution in [2.45, 2.75) is 12.1 Å². The molecule has 2 aromatic rings. The van der Waals surface area contributed by atoms with Crippen LogP contribution >= 0.6 is 0 Å². The van der Waals surface area contributed by atoms with Crippen LogP contribution in [0.15, 0.2) is 54.6 Å². The van der Waals surface area contributed by atoms with Gasteiger partial charge >= 0.3 is 6.03 Å². The molecular formula is C20H24N4O4. The number of rotatable bonds is 6. The van der Waals surface area contributed by atoms with Gasteiger partial charge in [-0.1, -0.05) is 30.3 Å². The number of para-hydroxylation sites is 1. The molecule has 0 spiro atoms. The van der Waals surface area contributed by atoms with Crippen LogP contribution in [0.5, 0.6) is 0 Å². The first-order valence-corrected chi connectivity index (χ1v) is 9.07. The van der Waals surface area contributed by atoms with E-state index in [1.807, 2.05) is 30.3 Å². The fraction of sp³-hybridized carbons (Fsp3) is 0.300. The molecule has 2 aromatic carbocycles. The summed E-state index contributed by atoms with van der Waals surface area (Å²) in [6.45, 7) is 0.397. The predicted octanol–water partition coefficient (Wildman–Crippen LogP) is 1.55. The molecule has 3 amide bonds. The number of carbonyl (C=O) groups is 2. The molecule has 0 aromatic heterocycles. The number of benzene rings is 2. The number of nitrogens with one attached hydrogen (secondary N) is 2. The van der Waals surface area contributed by atoms with Gasteiger partial charge in [0, 0.05) is 24.5 Å². The zero-order chi connectivity index (χ0) is 19.9. The van der Waals surface area contributed by atoms with E-state index in [1.54, 1.807) is 29.2 Å². The second-order valence-electron chi connectivity index (χ2n) is 6.42. The number of aliphatic hydroxyl groups is 1. The van der Waals surface area contributed by atoms with Gasteiger partial charge in [0.2, 0.25) is 5.91 Å². The topological polar surface area (TPSA) is 117 Å². The summed E-state index contributed by atoms with van der Waals surface area (Å²) in [5, 5.41) is 15.3. The van der Waals surface area contributed by atoms with E-state index in [4.69, 9.17) is 10.5 Å². The van der Waals surface area contributed by atoms with Crippen LogP contribution in [0.1, 0.15) is 11.7 Å². The number of anilines is 2. The van der Waals surface area contributed by atoms with E-state index in [1.165, 1.54) is 0 Å². The minimum Gasteiger partial charge on any atom is -0.394 e. The molecule has 1 aliphatic rings. The van der Waals surface area contributed by atoms with E-state index in [0.717, 1.165) is 5.56 Å². The highest BCUT2D eigenvalue weighted by Gasteiger charge is 2.36. The molecule has 1 aliphatic heterocycles. The van der Waals surface area contributed by atoms with Crippen LogP contribution in [0.4, 0.5) is 16.2 Å². The van der Waals surface area contributed by atoms with Crippen molar-refractivity contribution in [3.8, 4) is 0 Å². The summed E-state index contributed by atoms with van der Waals surface area (Å²) in [4.78, 5) is 25.7. The minimum atomic E-state index is -0.495. The quantitative estimate of drug-likeness (QED) is 0.603. The van der Waals surface area contributed by atoms with Crippen LogP contribution in [0.3, 0.4) is 0 Å². The number of hydrogen-bond donors (Lipinski definition) is 4. The molecule has 0 radical (unpaired) electrons. The molecule has 8 heteroatoms. The molecule has 148 valence electrons. The molecule has 8 nitrogen and oxygen atoms in total. The van der Waals surface area contributed by atoms with Gasteiger partial charge in [0.25, 0.3) is 0 Å². The predicted molar refractivity (Wildman–Crippen MR) is 106 cm³/mol. The lowest BCUT2D eigenvalue weighted by atomic mass is 9.99. The van der Waals surface area contributed by atoms with Gasteiger partial charge in [-0.25, -0.2) is 4.79 Å². The fourth-order valence-corrected chi connectivity index (χ4v) is 3.22. The number of urea groups is 1. The Kier molecular flexibility index (Phi) is 6.59. The highest BCUT2D eigenvalue weighted by atomic mass is 16.5. The number of nitrogens with two attached hydrogens (primary N) is 1. The molecule has 5 N–H and O–H groups in total. The number of hydrogen-bond acceptors (Lipinski definition) is 5. The first-order valence-electron chi connectivity index (χ1n) is 9.07. The Balaban J connectivity index is 1.66. The first kappa shape index (κ1) is 19.8. The smallest absolute Gasteiger partial charge is 0.323 e. The molecule has 28 heavy (non-hydrogen) atoms. The zero-order valence-electron chi connectivity index (χ0n) is 15.4. The van der Waals surface area contributed by atoms with Gasteiger partial charge in [-0.3, -0.25) is 4.79 Å². The van der Waals surface area contributed by atoms with Crippen LogP contribution < -0.4 is 16.4 Å². The van der Waals surface area contributed by atoms with E-state index in [2.05, 4.69) is 10.6 Å². The Morgan fingerprint density at radius 2 is 1.75 bits per heavy atom. The van der Waals surface area contributed by atoms with Crippen LogP contribution in [0, 0.1) is 0 Å². The second-order valence-corrected chi connectivity index (χ2v) is 6.42. The number of amides is 3. The van der Waals surface area contributed by atoms with Crippen molar-refractivity contribution in [2.24, 2.45) is 5.73 Å². The van der Waals surface area contributed by atoms with Crippen molar-refractivity contribution in [1.82, 2.24) is 4.90 Å². The summed E-state index contributed by atoms with van der Waals surface area (Å²) in [5.74, 6) is -0.184. The van der Waals surface area contributed by atoms with Crippen molar-refractivity contribution < 1.29 is 19.4 Å². The lowest BCUT2D eigenvalue weighted by Gasteiger charge is -2.40. The lowest BCUT2D eigenvalue weighted by Crippen LogP contribution is -2.54. The number of morpholine rings is 1. The van der Waals surface area contributed by atoms with Gasteiger partial charge in [-0.05, 0) is 29.8 Å². The van der Waals surface area contributed by atoms with Crippen LogP contribution in [-0.4, -0.2) is 54.3 Å². The maximum atomic E-state index is 12.1. The fourth-order valence-electron chi connectivity index (χ4n) is 3.22. The highest BCUT2D eigenvalue weighted by molar-refractivity contribution is 5.99. The van der Waals surface area contributed by atoms with Gasteiger partial charge in [0.1, 0.15) is 12.7 Å². The van der Waals surface area contributed by atoms with Crippen molar-refractivity contribution in [3.05, 3.63) is 60.2 Å². The Morgan fingerprint density at radius 3 is 2.36 bits per heavy atom. The summed E-state index contributed by atoms with van der Waals surface area (Å²) in [5.41, 5.74) is 7.70. The largest absolute Gasteiger partial charge is 0.394 e. The maximum Gasteiger partial charge on any atom is 0.323 e. The molecule has 2 unspecified atom stereocenters. The van der Waals surface area contributed by atoms with Crippen LogP contribution in [0.2, 0.25) is 0 Å². The molecule has 1 fully saturated rings. The van der Waals surface area contributed by atoms with Gasteiger partial charge in [0.15, 0.2) is 0 Å². The van der Waals surface area contributed by atoms with E-state index < -0.39 is 12.1 Å². The van der Waals surface area contributed by atoms with Gasteiger partial charge in [0.05, 0.1) is 12.6 Å². The lowest BCUT2D eigenvalue weighted by molar-refractivity contribution is -0.160. The monoisotopic (exact) mass is 384 g/mol. The average Bonchev–Trinajstić information content (AvgIpc) is 2.71. The van der Waals surface area contributed by atoms with Gasteiger partial charge in [-0.2, -0.15) is 0 Å². The molecular weight excluding hydrogens is 360 g/mol. The Bertz CT molecular complexity index is 798. The minimum absolute atomic E-state index is 0.0549. The number of aliphatic hydroxyl groups excluding tert-OH is 1. The third-order valence-electron chi connectivity index (χ3n) is 4.54. The normalized spacial score (nSPS) is 19.4. The Hall–Kier alpha value is -2.94. The molecule has 0 saturated carbocycles. The highest BCUT2D eigenvalue weighted by Crippen LogP contribution is 2.29. The Morgan fingerprint density at radius 1 is 1.11 bits per heavy atom. The third-order valence-corrected chi connectivity index (χ3v) is 4.54. The summed E-state index contributed by atoms with van der Waals surface area (Å²) < 4.78 is 5.66. The van der Waals surface area contributed by atoms with Gasteiger partial charge < -0.3 is 31.1 Å². The number of carbonyl (C=O) groups excluding carboxylic acids is 2. The number of ether oxygens (including phenoxy) is 1. The third kappa shape index (κ3) is 4.66. The van der Waals surface area contributed by atoms with E-state index in [9.17, 15) is 14.7 Å². The van der Waals surface area contributed by atoms with Crippen LogP contribution in [-0.2, 0) is 9.53 Å². The maximum absolute atomic E-state index is 12.1. The van der Waals surface area contributed by atoms with Gasteiger partial charge in [-0.15, -0.1) is 0 Å². The standard InChI is InChI=1S/C20H24N4O4/c21-10-11-24-17(12-25)19(28-13-18(24)26)14-6-8-16(9-7-14)23-20(27)22-15-4-2-1-3-5-15/h1-9,17,19,25H,10-13,21H2,(H2,22,23,27). The number of nitrogens with zero attached hydrogens (tertiary/aromatic N) is 1. The summed E-state index contributed by atoms with van der Waals surface area (Å²) in [7, 11) is 0. The summed E-state index contributed by atoms with van der Waals surface area (Å²) in [6.07, 6.45) is -0.457. The van der Waals surface area contributed by atoms with E-state index in [-0.39, 0.29) is 25.2 Å². The van der Waals surface area contributed by atoms with Crippen molar-refractivity contribution in [3.63, 3.8) is 0 Å². The summed E-state index contributed by atoms with van der Waals surface area (Å²) >= 11 is 0. The first-order chi connectivity index (χ1) is 13.6. The molecule has 3 rings (SSSR count). The second kappa shape index (κ2) is 9.32. The average molecular weight is 384 g/mol. The Labute approximate surface area is 163 Å². The van der Waals surface area contributed by atoms with Crippen molar-refractivity contribution >= 4 is 23.3 Å². The van der Waals surface area contributed by atoms with Crippen molar-refractivity contribution in [1.29, 1.82) is 0 Å². The SMILES string of the molecule is NCCN1C(=O)COC(c2ccc(NC(=O)Nc3ccccc3)cc2)C1CO. The molecule has 1 heterocycles. The van der Waals surface area contributed by atoms with Crippen LogP contribution in [0.25, 0.3) is 0 Å². The van der Waals surface area contributed by atoms with Crippen molar-refractivity contribution in [2.75, 3.05) is 36.9 Å².